The van der Waals surface area contributed by atoms with Crippen molar-refractivity contribution in [2.24, 2.45) is 0 Å². The standard InChI is InChI=1S/C23H26FN3O5S/c1-17(28)19-4-7-22(21(24)16-19)25-8-10-26(11-9-25)23(29)18-2-5-20(6-3-18)33(30,31)27-12-14-32-15-13-27/h2-7,16H,8-15H2,1H3. The molecule has 0 bridgehead atoms. The molecule has 2 aromatic rings. The van der Waals surface area contributed by atoms with Crippen molar-refractivity contribution in [3.8, 4) is 0 Å². The van der Waals surface area contributed by atoms with E-state index in [2.05, 4.69) is 0 Å². The van der Waals surface area contributed by atoms with E-state index in [1.807, 2.05) is 4.90 Å². The molecule has 2 heterocycles. The molecule has 2 fully saturated rings. The quantitative estimate of drug-likeness (QED) is 0.615. The largest absolute Gasteiger partial charge is 0.379 e. The number of hydrogen-bond acceptors (Lipinski definition) is 6. The Morgan fingerprint density at radius 1 is 0.879 bits per heavy atom. The minimum absolute atomic E-state index is 0.148. The van der Waals surface area contributed by atoms with Gasteiger partial charge >= 0.3 is 0 Å². The maximum atomic E-state index is 14.5. The summed E-state index contributed by atoms with van der Waals surface area (Å²) < 4.78 is 46.5. The average Bonchev–Trinajstić information content (AvgIpc) is 2.84. The Bertz CT molecular complexity index is 1140. The molecule has 2 aromatic carbocycles. The summed E-state index contributed by atoms with van der Waals surface area (Å²) in [5, 5.41) is 0. The molecular formula is C23H26FN3O5S. The first-order valence-corrected chi connectivity index (χ1v) is 12.2. The third-order valence-electron chi connectivity index (χ3n) is 5.97. The van der Waals surface area contributed by atoms with Gasteiger partial charge in [0.1, 0.15) is 5.82 Å². The number of halogens is 1. The van der Waals surface area contributed by atoms with Gasteiger partial charge in [-0.25, -0.2) is 12.8 Å². The zero-order valence-electron chi connectivity index (χ0n) is 18.4. The number of ether oxygens (including phenoxy) is 1. The molecule has 8 nitrogen and oxygen atoms in total. The van der Waals surface area contributed by atoms with Gasteiger partial charge in [0.2, 0.25) is 10.0 Å². The molecule has 176 valence electrons. The number of sulfonamides is 1. The Labute approximate surface area is 192 Å². The van der Waals surface area contributed by atoms with E-state index in [1.165, 1.54) is 41.6 Å². The first kappa shape index (κ1) is 23.3. The van der Waals surface area contributed by atoms with Gasteiger partial charge in [-0.3, -0.25) is 9.59 Å². The molecule has 0 atom stereocenters. The highest BCUT2D eigenvalue weighted by Crippen LogP contribution is 2.23. The molecule has 10 heteroatoms. The maximum Gasteiger partial charge on any atom is 0.253 e. The van der Waals surface area contributed by atoms with E-state index in [0.29, 0.717) is 69.3 Å². The molecule has 4 rings (SSSR count). The molecule has 2 saturated heterocycles. The summed E-state index contributed by atoms with van der Waals surface area (Å²) in [6.45, 7) is 4.46. The van der Waals surface area contributed by atoms with Gasteiger partial charge in [0.25, 0.3) is 5.91 Å². The van der Waals surface area contributed by atoms with Crippen molar-refractivity contribution in [1.29, 1.82) is 0 Å². The fourth-order valence-electron chi connectivity index (χ4n) is 4.02. The van der Waals surface area contributed by atoms with E-state index in [4.69, 9.17) is 4.74 Å². The van der Waals surface area contributed by atoms with E-state index in [1.54, 1.807) is 17.0 Å². The fraction of sp³-hybridized carbons (Fsp3) is 0.391. The Morgan fingerprint density at radius 2 is 1.48 bits per heavy atom. The predicted octanol–water partition coefficient (Wildman–Crippen LogP) is 2.01. The molecule has 0 N–H and O–H groups in total. The third kappa shape index (κ3) is 4.92. The normalized spacial score (nSPS) is 17.8. The van der Waals surface area contributed by atoms with Crippen LogP contribution in [0.2, 0.25) is 0 Å². The number of hydrogen-bond donors (Lipinski definition) is 0. The number of rotatable bonds is 5. The van der Waals surface area contributed by atoms with Crippen molar-refractivity contribution in [2.45, 2.75) is 11.8 Å². The van der Waals surface area contributed by atoms with Crippen molar-refractivity contribution >= 4 is 27.4 Å². The van der Waals surface area contributed by atoms with Crippen LogP contribution >= 0.6 is 0 Å². The highest BCUT2D eigenvalue weighted by molar-refractivity contribution is 7.89. The average molecular weight is 476 g/mol. The van der Waals surface area contributed by atoms with Gasteiger partial charge in [-0.2, -0.15) is 4.31 Å². The first-order chi connectivity index (χ1) is 15.8. The Morgan fingerprint density at radius 3 is 2.06 bits per heavy atom. The van der Waals surface area contributed by atoms with E-state index in [-0.39, 0.29) is 16.6 Å². The number of amides is 1. The van der Waals surface area contributed by atoms with Crippen molar-refractivity contribution in [2.75, 3.05) is 57.4 Å². The fourth-order valence-corrected chi connectivity index (χ4v) is 5.43. The van der Waals surface area contributed by atoms with Crippen molar-refractivity contribution in [3.63, 3.8) is 0 Å². The Kier molecular flexibility index (Phi) is 6.78. The van der Waals surface area contributed by atoms with Crippen LogP contribution in [0, 0.1) is 5.82 Å². The maximum absolute atomic E-state index is 14.5. The lowest BCUT2D eigenvalue weighted by atomic mass is 10.1. The molecule has 2 aliphatic rings. The van der Waals surface area contributed by atoms with Crippen LogP contribution in [0.1, 0.15) is 27.6 Å². The molecule has 0 saturated carbocycles. The SMILES string of the molecule is CC(=O)c1ccc(N2CCN(C(=O)c3ccc(S(=O)(=O)N4CCOCC4)cc3)CC2)c(F)c1. The van der Waals surface area contributed by atoms with Gasteiger partial charge in [-0.1, -0.05) is 0 Å². The second kappa shape index (κ2) is 9.58. The lowest BCUT2D eigenvalue weighted by molar-refractivity contribution is 0.0730. The molecule has 0 radical (unpaired) electrons. The number of nitrogens with zero attached hydrogens (tertiary/aromatic N) is 3. The summed E-state index contributed by atoms with van der Waals surface area (Å²) in [5.41, 5.74) is 1.13. The van der Waals surface area contributed by atoms with Crippen LogP contribution in [0.25, 0.3) is 0 Å². The number of carbonyl (C=O) groups excluding carboxylic acids is 2. The summed E-state index contributed by atoms with van der Waals surface area (Å²) in [6.07, 6.45) is 0. The highest BCUT2D eigenvalue weighted by Gasteiger charge is 2.28. The summed E-state index contributed by atoms with van der Waals surface area (Å²) in [4.78, 5) is 28.0. The number of carbonyl (C=O) groups is 2. The second-order valence-corrected chi connectivity index (χ2v) is 9.98. The van der Waals surface area contributed by atoms with E-state index < -0.39 is 15.8 Å². The molecule has 2 aliphatic heterocycles. The van der Waals surface area contributed by atoms with Gasteiger partial charge in [-0.15, -0.1) is 0 Å². The van der Waals surface area contributed by atoms with Gasteiger partial charge in [0.15, 0.2) is 5.78 Å². The number of anilines is 1. The number of benzene rings is 2. The van der Waals surface area contributed by atoms with Crippen molar-refractivity contribution < 1.29 is 27.1 Å². The monoisotopic (exact) mass is 475 g/mol. The minimum atomic E-state index is -3.61. The minimum Gasteiger partial charge on any atom is -0.379 e. The molecule has 0 spiro atoms. The zero-order chi connectivity index (χ0) is 23.6. The molecule has 0 aliphatic carbocycles. The highest BCUT2D eigenvalue weighted by atomic mass is 32.2. The number of piperazine rings is 1. The summed E-state index contributed by atoms with van der Waals surface area (Å²) in [7, 11) is -3.61. The third-order valence-corrected chi connectivity index (χ3v) is 7.88. The summed E-state index contributed by atoms with van der Waals surface area (Å²) in [5.74, 6) is -0.850. The van der Waals surface area contributed by atoms with Gasteiger partial charge in [0, 0.05) is 50.4 Å². The van der Waals surface area contributed by atoms with E-state index >= 15 is 0 Å². The Hall–Kier alpha value is -2.82. The van der Waals surface area contributed by atoms with Gasteiger partial charge in [0.05, 0.1) is 23.8 Å². The van der Waals surface area contributed by atoms with Crippen LogP contribution in [0.4, 0.5) is 10.1 Å². The smallest absolute Gasteiger partial charge is 0.253 e. The molecule has 33 heavy (non-hydrogen) atoms. The van der Waals surface area contributed by atoms with Crippen LogP contribution < -0.4 is 4.90 Å². The summed E-state index contributed by atoms with van der Waals surface area (Å²) in [6, 6.07) is 10.4. The Balaban J connectivity index is 1.39. The lowest BCUT2D eigenvalue weighted by Gasteiger charge is -2.36. The predicted molar refractivity (Wildman–Crippen MR) is 121 cm³/mol. The number of morpholine rings is 1. The topological polar surface area (TPSA) is 87.2 Å². The number of ketones is 1. The number of Topliss-reactive ketones (excluding diaryl/α,β-unsaturated/α-hetero) is 1. The van der Waals surface area contributed by atoms with E-state index in [0.717, 1.165) is 0 Å². The van der Waals surface area contributed by atoms with Crippen molar-refractivity contribution in [3.05, 3.63) is 59.4 Å². The molecule has 0 aromatic heterocycles. The van der Waals surface area contributed by atoms with Crippen LogP contribution in [0.5, 0.6) is 0 Å². The molecular weight excluding hydrogens is 449 g/mol. The van der Waals surface area contributed by atoms with Gasteiger partial charge in [-0.05, 0) is 49.4 Å². The van der Waals surface area contributed by atoms with Crippen LogP contribution in [-0.2, 0) is 14.8 Å². The first-order valence-electron chi connectivity index (χ1n) is 10.8. The lowest BCUT2D eigenvalue weighted by Crippen LogP contribution is -2.49. The molecule has 0 unspecified atom stereocenters. The van der Waals surface area contributed by atoms with Crippen LogP contribution in [0.15, 0.2) is 47.4 Å². The second-order valence-electron chi connectivity index (χ2n) is 8.04. The molecule has 1 amide bonds. The van der Waals surface area contributed by atoms with Crippen molar-refractivity contribution in [1.82, 2.24) is 9.21 Å². The van der Waals surface area contributed by atoms with E-state index in [9.17, 15) is 22.4 Å². The zero-order valence-corrected chi connectivity index (χ0v) is 19.2. The van der Waals surface area contributed by atoms with Crippen LogP contribution in [0.3, 0.4) is 0 Å². The summed E-state index contributed by atoms with van der Waals surface area (Å²) >= 11 is 0. The van der Waals surface area contributed by atoms with Crippen LogP contribution in [-0.4, -0.2) is 81.8 Å². The van der Waals surface area contributed by atoms with Gasteiger partial charge < -0.3 is 14.5 Å².